The molecule has 0 fully saturated rings. The largest absolute Gasteiger partial charge is 0.571 e. The molecule has 0 atom stereocenters. The van der Waals surface area contributed by atoms with Gasteiger partial charge in [-0.15, -0.1) is 0 Å². The summed E-state index contributed by atoms with van der Waals surface area (Å²) in [5.41, 5.74) is 0.363. The third-order valence-electron chi connectivity index (χ3n) is 3.71. The Hall–Kier alpha value is -3.35. The number of aromatic nitrogens is 3. The van der Waals surface area contributed by atoms with Crippen LogP contribution in [0.5, 0.6) is 0 Å². The SMILES string of the molecule is O=C1c2ccccc2C(=O)c2c1n[n+]([O-])n2-c1ccc(F)cc1. The molecule has 2 aromatic carbocycles. The molecule has 0 N–H and O–H groups in total. The molecule has 0 aliphatic heterocycles. The van der Waals surface area contributed by atoms with Crippen molar-refractivity contribution in [3.8, 4) is 5.69 Å². The second kappa shape index (κ2) is 4.57. The Kier molecular flexibility index (Phi) is 2.65. The van der Waals surface area contributed by atoms with E-state index in [1.54, 1.807) is 12.1 Å². The molecule has 4 rings (SSSR count). The van der Waals surface area contributed by atoms with Crippen LogP contribution in [0.3, 0.4) is 0 Å². The van der Waals surface area contributed by atoms with Crippen molar-refractivity contribution in [2.24, 2.45) is 0 Å². The maximum Gasteiger partial charge on any atom is 0.220 e. The normalized spacial score (nSPS) is 12.9. The minimum atomic E-state index is -0.485. The van der Waals surface area contributed by atoms with Crippen LogP contribution in [-0.2, 0) is 0 Å². The molecule has 112 valence electrons. The second-order valence-corrected chi connectivity index (χ2v) is 5.04. The van der Waals surface area contributed by atoms with Gasteiger partial charge in [-0.05, 0) is 24.3 Å². The van der Waals surface area contributed by atoms with E-state index in [2.05, 4.69) is 5.10 Å². The summed E-state index contributed by atoms with van der Waals surface area (Å²) < 4.78 is 14.0. The fourth-order valence-electron chi connectivity index (χ4n) is 2.66. The minimum Gasteiger partial charge on any atom is -0.571 e. The zero-order valence-corrected chi connectivity index (χ0v) is 11.6. The molecule has 0 amide bonds. The number of benzene rings is 2. The zero-order valence-electron chi connectivity index (χ0n) is 11.6. The summed E-state index contributed by atoms with van der Waals surface area (Å²) in [4.78, 5) is 25.3. The highest BCUT2D eigenvalue weighted by atomic mass is 19.1. The number of carbonyl (C=O) groups excluding carboxylic acids is 2. The summed E-state index contributed by atoms with van der Waals surface area (Å²) in [7, 11) is 0. The van der Waals surface area contributed by atoms with Gasteiger partial charge in [0.2, 0.25) is 17.3 Å². The van der Waals surface area contributed by atoms with Crippen LogP contribution in [0.4, 0.5) is 4.39 Å². The van der Waals surface area contributed by atoms with Crippen molar-refractivity contribution in [2.75, 3.05) is 0 Å². The van der Waals surface area contributed by atoms with Crippen LogP contribution in [0.25, 0.3) is 5.69 Å². The molecule has 1 aromatic heterocycles. The van der Waals surface area contributed by atoms with Crippen LogP contribution in [0.2, 0.25) is 0 Å². The summed E-state index contributed by atoms with van der Waals surface area (Å²) in [5.74, 6) is -1.43. The molecule has 1 aliphatic rings. The molecular weight excluding hydrogens is 301 g/mol. The maximum atomic E-state index is 13.1. The zero-order chi connectivity index (χ0) is 16.1. The molecule has 0 bridgehead atoms. The molecule has 3 aromatic rings. The first-order valence-electron chi connectivity index (χ1n) is 6.75. The quantitative estimate of drug-likeness (QED) is 0.393. The Morgan fingerprint density at radius 3 is 2.22 bits per heavy atom. The standard InChI is InChI=1S/C16H8FN3O3/c17-9-5-7-10(8-6-9)19-14-13(18-20(19)23)15(21)11-3-1-2-4-12(11)16(14)22/h1-8H. The van der Waals surface area contributed by atoms with Gasteiger partial charge in [-0.1, -0.05) is 28.9 Å². The van der Waals surface area contributed by atoms with Gasteiger partial charge in [-0.3, -0.25) is 9.59 Å². The Balaban J connectivity index is 2.00. The molecule has 6 nitrogen and oxygen atoms in total. The van der Waals surface area contributed by atoms with E-state index in [0.717, 1.165) is 16.8 Å². The highest BCUT2D eigenvalue weighted by molar-refractivity contribution is 6.26. The fraction of sp³-hybridized carbons (Fsp3) is 0. The fourth-order valence-corrected chi connectivity index (χ4v) is 2.66. The monoisotopic (exact) mass is 309 g/mol. The van der Waals surface area contributed by atoms with Crippen LogP contribution < -0.4 is 4.96 Å². The summed E-state index contributed by atoms with van der Waals surface area (Å²) in [6.45, 7) is 0. The van der Waals surface area contributed by atoms with Gasteiger partial charge in [-0.2, -0.15) is 0 Å². The van der Waals surface area contributed by atoms with Crippen molar-refractivity contribution in [1.29, 1.82) is 0 Å². The van der Waals surface area contributed by atoms with E-state index in [9.17, 15) is 19.2 Å². The number of nitrogens with zero attached hydrogens (tertiary/aromatic N) is 3. The average molecular weight is 309 g/mol. The lowest BCUT2D eigenvalue weighted by molar-refractivity contribution is -0.740. The molecule has 23 heavy (non-hydrogen) atoms. The summed E-state index contributed by atoms with van der Waals surface area (Å²) in [6, 6.07) is 11.3. The predicted molar refractivity (Wildman–Crippen MR) is 75.8 cm³/mol. The Morgan fingerprint density at radius 1 is 0.957 bits per heavy atom. The number of hydrogen-bond acceptors (Lipinski definition) is 4. The molecule has 0 radical (unpaired) electrons. The Labute approximate surface area is 129 Å². The Morgan fingerprint density at radius 2 is 1.57 bits per heavy atom. The predicted octanol–water partition coefficient (Wildman–Crippen LogP) is 1.42. The van der Waals surface area contributed by atoms with Crippen LogP contribution in [0, 0.1) is 11.0 Å². The van der Waals surface area contributed by atoms with Gasteiger partial charge in [-0.25, -0.2) is 4.39 Å². The molecule has 0 unspecified atom stereocenters. The molecular formula is C16H8FN3O3. The highest BCUT2D eigenvalue weighted by Gasteiger charge is 2.39. The third-order valence-corrected chi connectivity index (χ3v) is 3.71. The highest BCUT2D eigenvalue weighted by Crippen LogP contribution is 2.26. The first kappa shape index (κ1) is 13.3. The lowest BCUT2D eigenvalue weighted by Gasteiger charge is -2.12. The van der Waals surface area contributed by atoms with E-state index in [4.69, 9.17) is 0 Å². The van der Waals surface area contributed by atoms with Crippen LogP contribution in [0.15, 0.2) is 48.5 Å². The van der Waals surface area contributed by atoms with E-state index >= 15 is 0 Å². The van der Waals surface area contributed by atoms with Gasteiger partial charge in [0.1, 0.15) is 11.5 Å². The summed E-state index contributed by atoms with van der Waals surface area (Å²) in [5, 5.41) is 15.7. The average Bonchev–Trinajstić information content (AvgIpc) is 2.91. The van der Waals surface area contributed by atoms with Gasteiger partial charge >= 0.3 is 0 Å². The van der Waals surface area contributed by atoms with Crippen molar-refractivity contribution in [3.05, 3.63) is 82.1 Å². The maximum absolute atomic E-state index is 13.1. The lowest BCUT2D eigenvalue weighted by atomic mass is 9.90. The van der Waals surface area contributed by atoms with E-state index in [-0.39, 0.29) is 33.2 Å². The van der Waals surface area contributed by atoms with Crippen molar-refractivity contribution < 1.29 is 18.9 Å². The van der Waals surface area contributed by atoms with Crippen molar-refractivity contribution >= 4 is 11.6 Å². The van der Waals surface area contributed by atoms with Crippen LogP contribution >= 0.6 is 0 Å². The second-order valence-electron chi connectivity index (χ2n) is 5.04. The van der Waals surface area contributed by atoms with E-state index < -0.39 is 17.4 Å². The minimum absolute atomic E-state index is 0.115. The molecule has 0 saturated heterocycles. The van der Waals surface area contributed by atoms with Crippen LogP contribution in [-0.4, -0.2) is 21.3 Å². The Bertz CT molecular complexity index is 977. The van der Waals surface area contributed by atoms with Crippen molar-refractivity contribution in [3.63, 3.8) is 0 Å². The van der Waals surface area contributed by atoms with Gasteiger partial charge in [0.25, 0.3) is 0 Å². The number of fused-ring (bicyclic) bond motifs is 2. The number of rotatable bonds is 1. The van der Waals surface area contributed by atoms with E-state index in [1.165, 1.54) is 24.3 Å². The third kappa shape index (κ3) is 1.80. The number of carbonyl (C=O) groups is 2. The van der Waals surface area contributed by atoms with Crippen molar-refractivity contribution in [2.45, 2.75) is 0 Å². The topological polar surface area (TPSA) is 78.9 Å². The summed E-state index contributed by atoms with van der Waals surface area (Å²) in [6.07, 6.45) is 0. The molecule has 1 aliphatic carbocycles. The first-order valence-corrected chi connectivity index (χ1v) is 6.75. The van der Waals surface area contributed by atoms with Crippen molar-refractivity contribution in [1.82, 2.24) is 9.78 Å². The summed E-state index contributed by atoms with van der Waals surface area (Å²) >= 11 is 0. The van der Waals surface area contributed by atoms with Gasteiger partial charge < -0.3 is 5.21 Å². The van der Waals surface area contributed by atoms with Gasteiger partial charge in [0, 0.05) is 21.2 Å². The van der Waals surface area contributed by atoms with Gasteiger partial charge in [0.15, 0.2) is 5.69 Å². The lowest BCUT2D eigenvalue weighted by Crippen LogP contribution is -2.40. The number of ketones is 2. The number of hydrogen-bond donors (Lipinski definition) is 0. The number of halogens is 1. The molecule has 7 heteroatoms. The molecule has 1 heterocycles. The molecule has 0 saturated carbocycles. The smallest absolute Gasteiger partial charge is 0.220 e. The van der Waals surface area contributed by atoms with E-state index in [0.29, 0.717) is 0 Å². The van der Waals surface area contributed by atoms with Crippen LogP contribution in [0.1, 0.15) is 32.1 Å². The van der Waals surface area contributed by atoms with Gasteiger partial charge in [0.05, 0.1) is 0 Å². The molecule has 0 spiro atoms. The first-order chi connectivity index (χ1) is 11.1. The van der Waals surface area contributed by atoms with E-state index in [1.807, 2.05) is 0 Å².